The zero-order valence-electron chi connectivity index (χ0n) is 7.67. The average molecular weight is 216 g/mol. The minimum Gasteiger partial charge on any atom is -0.480 e. The molecule has 0 aliphatic carbocycles. The molecule has 0 aliphatic heterocycles. The van der Waals surface area contributed by atoms with Gasteiger partial charge in [0.05, 0.1) is 10.8 Å². The third kappa shape index (κ3) is 2.02. The van der Waals surface area contributed by atoms with E-state index in [0.717, 1.165) is 4.68 Å². The number of aromatic nitrogens is 2. The van der Waals surface area contributed by atoms with Crippen molar-refractivity contribution in [2.75, 3.05) is 5.48 Å². The van der Waals surface area contributed by atoms with Gasteiger partial charge in [-0.3, -0.25) is 15.5 Å². The first-order valence-corrected chi connectivity index (χ1v) is 3.81. The molecule has 9 nitrogen and oxygen atoms in total. The molecule has 0 unspecified atom stereocenters. The van der Waals surface area contributed by atoms with Crippen LogP contribution in [-0.4, -0.2) is 31.0 Å². The normalized spacial score (nSPS) is 10.0. The maximum atomic E-state index is 10.5. The molecule has 0 aliphatic rings. The van der Waals surface area contributed by atoms with Crippen LogP contribution in [0.25, 0.3) is 0 Å². The van der Waals surface area contributed by atoms with Crippen LogP contribution in [0.4, 0.5) is 11.5 Å². The van der Waals surface area contributed by atoms with E-state index in [0.29, 0.717) is 0 Å². The van der Waals surface area contributed by atoms with Crippen LogP contribution in [0, 0.1) is 17.0 Å². The van der Waals surface area contributed by atoms with Gasteiger partial charge in [0.15, 0.2) is 12.2 Å². The van der Waals surface area contributed by atoms with Gasteiger partial charge in [0.1, 0.15) is 0 Å². The summed E-state index contributed by atoms with van der Waals surface area (Å²) in [6.45, 7) is 0.899. The van der Waals surface area contributed by atoms with E-state index in [9.17, 15) is 14.9 Å². The molecule has 0 atom stereocenters. The molecule has 15 heavy (non-hydrogen) atoms. The van der Waals surface area contributed by atoms with E-state index >= 15 is 0 Å². The van der Waals surface area contributed by atoms with E-state index in [1.807, 2.05) is 0 Å². The van der Waals surface area contributed by atoms with Crippen molar-refractivity contribution in [3.63, 3.8) is 0 Å². The standard InChI is InChI=1S/C6H8N4O5/c1-3-5(8-13)6(10(14)15)7-9(3)2-4(11)12/h8,13H,2H2,1H3,(H,11,12). The lowest BCUT2D eigenvalue weighted by Gasteiger charge is -1.96. The molecule has 0 radical (unpaired) electrons. The van der Waals surface area contributed by atoms with Crippen molar-refractivity contribution < 1.29 is 20.0 Å². The van der Waals surface area contributed by atoms with E-state index in [-0.39, 0.29) is 11.4 Å². The molecule has 1 rings (SSSR count). The van der Waals surface area contributed by atoms with Gasteiger partial charge in [0.2, 0.25) is 0 Å². The summed E-state index contributed by atoms with van der Waals surface area (Å²) in [5.74, 6) is -1.80. The third-order valence-electron chi connectivity index (χ3n) is 1.76. The Kier molecular flexibility index (Phi) is 2.85. The van der Waals surface area contributed by atoms with Crippen molar-refractivity contribution >= 4 is 17.5 Å². The molecule has 0 spiro atoms. The molecule has 0 aromatic carbocycles. The third-order valence-corrected chi connectivity index (χ3v) is 1.76. The van der Waals surface area contributed by atoms with Gasteiger partial charge in [-0.15, -0.1) is 0 Å². The van der Waals surface area contributed by atoms with E-state index in [1.54, 1.807) is 5.48 Å². The molecule has 0 amide bonds. The van der Waals surface area contributed by atoms with Crippen molar-refractivity contribution in [3.8, 4) is 0 Å². The molecule has 0 saturated carbocycles. The number of nitrogens with zero attached hydrogens (tertiary/aromatic N) is 3. The van der Waals surface area contributed by atoms with Gasteiger partial charge in [-0.1, -0.05) is 0 Å². The summed E-state index contributed by atoms with van der Waals surface area (Å²) in [5.41, 5.74) is 1.59. The lowest BCUT2D eigenvalue weighted by atomic mass is 10.4. The molecule has 82 valence electrons. The monoisotopic (exact) mass is 216 g/mol. The Morgan fingerprint density at radius 2 is 2.33 bits per heavy atom. The Labute approximate surface area is 83.0 Å². The summed E-state index contributed by atoms with van der Waals surface area (Å²) in [6, 6.07) is 0. The van der Waals surface area contributed by atoms with Crippen LogP contribution in [0.3, 0.4) is 0 Å². The summed E-state index contributed by atoms with van der Waals surface area (Å²) in [4.78, 5) is 20.0. The van der Waals surface area contributed by atoms with Crippen LogP contribution < -0.4 is 5.48 Å². The second-order valence-corrected chi connectivity index (χ2v) is 2.70. The van der Waals surface area contributed by atoms with Crippen LogP contribution in [0.15, 0.2) is 0 Å². The molecular formula is C6H8N4O5. The van der Waals surface area contributed by atoms with Crippen molar-refractivity contribution in [3.05, 3.63) is 15.8 Å². The SMILES string of the molecule is Cc1c(NO)c([N+](=O)[O-])nn1CC(=O)O. The number of aliphatic carboxylic acids is 1. The Bertz CT molecular complexity index is 412. The second kappa shape index (κ2) is 3.92. The number of carbonyl (C=O) groups is 1. The topological polar surface area (TPSA) is 131 Å². The van der Waals surface area contributed by atoms with Gasteiger partial charge in [0.25, 0.3) is 0 Å². The Balaban J connectivity index is 3.20. The highest BCUT2D eigenvalue weighted by Gasteiger charge is 2.26. The zero-order valence-corrected chi connectivity index (χ0v) is 7.67. The molecular weight excluding hydrogens is 208 g/mol. The van der Waals surface area contributed by atoms with E-state index in [4.69, 9.17) is 10.3 Å². The minimum absolute atomic E-state index is 0.173. The molecule has 0 fully saturated rings. The quantitative estimate of drug-likeness (QED) is 0.476. The number of carboxylic acids is 1. The van der Waals surface area contributed by atoms with Gasteiger partial charge in [-0.2, -0.15) is 4.68 Å². The van der Waals surface area contributed by atoms with Crippen LogP contribution in [0.2, 0.25) is 0 Å². The molecule has 0 bridgehead atoms. The molecule has 3 N–H and O–H groups in total. The van der Waals surface area contributed by atoms with Crippen molar-refractivity contribution in [2.45, 2.75) is 13.5 Å². The number of hydrogen-bond donors (Lipinski definition) is 3. The molecule has 1 aromatic heterocycles. The van der Waals surface area contributed by atoms with Gasteiger partial charge in [-0.25, -0.2) is 0 Å². The lowest BCUT2D eigenvalue weighted by molar-refractivity contribution is -0.389. The largest absolute Gasteiger partial charge is 0.480 e. The van der Waals surface area contributed by atoms with Gasteiger partial charge in [-0.05, 0) is 11.8 Å². The minimum atomic E-state index is -1.18. The van der Waals surface area contributed by atoms with Gasteiger partial charge >= 0.3 is 11.8 Å². The number of carboxylic acid groups (broad SMARTS) is 1. The fraction of sp³-hybridized carbons (Fsp3) is 0.333. The lowest BCUT2D eigenvalue weighted by Crippen LogP contribution is -2.11. The summed E-state index contributed by atoms with van der Waals surface area (Å²) >= 11 is 0. The number of hydrogen-bond acceptors (Lipinski definition) is 6. The zero-order chi connectivity index (χ0) is 11.6. The number of nitro groups is 1. The van der Waals surface area contributed by atoms with Crippen LogP contribution >= 0.6 is 0 Å². The average Bonchev–Trinajstić information content (AvgIpc) is 2.43. The van der Waals surface area contributed by atoms with E-state index in [1.165, 1.54) is 6.92 Å². The Morgan fingerprint density at radius 1 is 1.73 bits per heavy atom. The number of anilines is 1. The fourth-order valence-electron chi connectivity index (χ4n) is 1.07. The summed E-state index contributed by atoms with van der Waals surface area (Å²) in [6.07, 6.45) is 0. The van der Waals surface area contributed by atoms with Crippen molar-refractivity contribution in [1.82, 2.24) is 9.78 Å². The predicted molar refractivity (Wildman–Crippen MR) is 46.7 cm³/mol. The Morgan fingerprint density at radius 3 is 2.67 bits per heavy atom. The van der Waals surface area contributed by atoms with Crippen LogP contribution in [-0.2, 0) is 11.3 Å². The van der Waals surface area contributed by atoms with Crippen LogP contribution in [0.5, 0.6) is 0 Å². The highest BCUT2D eigenvalue weighted by Crippen LogP contribution is 2.25. The first-order chi connectivity index (χ1) is 6.97. The Hall–Kier alpha value is -2.16. The van der Waals surface area contributed by atoms with Crippen LogP contribution in [0.1, 0.15) is 5.69 Å². The molecule has 1 heterocycles. The fourth-order valence-corrected chi connectivity index (χ4v) is 1.07. The maximum Gasteiger partial charge on any atom is 0.415 e. The highest BCUT2D eigenvalue weighted by atomic mass is 16.6. The molecule has 9 heteroatoms. The molecule has 1 aromatic rings. The summed E-state index contributed by atoms with van der Waals surface area (Å²) in [7, 11) is 0. The number of nitrogens with one attached hydrogen (secondary N) is 1. The summed E-state index contributed by atoms with van der Waals surface area (Å²) < 4.78 is 0.916. The van der Waals surface area contributed by atoms with Gasteiger partial charge < -0.3 is 15.2 Å². The van der Waals surface area contributed by atoms with Crippen molar-refractivity contribution in [1.29, 1.82) is 0 Å². The van der Waals surface area contributed by atoms with E-state index in [2.05, 4.69) is 5.10 Å². The maximum absolute atomic E-state index is 10.5. The summed E-state index contributed by atoms with van der Waals surface area (Å²) in [5, 5.41) is 31.0. The van der Waals surface area contributed by atoms with Gasteiger partial charge in [0, 0.05) is 0 Å². The predicted octanol–water partition coefficient (Wildman–Crippen LogP) is -0.0146. The number of rotatable bonds is 4. The highest BCUT2D eigenvalue weighted by molar-refractivity contribution is 5.68. The first kappa shape index (κ1) is 10.9. The van der Waals surface area contributed by atoms with Crippen molar-refractivity contribution in [2.24, 2.45) is 0 Å². The van der Waals surface area contributed by atoms with E-state index < -0.39 is 23.3 Å². The second-order valence-electron chi connectivity index (χ2n) is 2.70. The molecule has 0 saturated heterocycles. The first-order valence-electron chi connectivity index (χ1n) is 3.81. The smallest absolute Gasteiger partial charge is 0.415 e.